The Kier molecular flexibility index (Phi) is 9.10. The summed E-state index contributed by atoms with van der Waals surface area (Å²) in [5, 5.41) is 13.1. The van der Waals surface area contributed by atoms with Crippen LogP contribution in [0.15, 0.2) is 71.0 Å². The lowest BCUT2D eigenvalue weighted by atomic mass is 10.0. The third-order valence-electron chi connectivity index (χ3n) is 8.41. The van der Waals surface area contributed by atoms with Gasteiger partial charge in [0, 0.05) is 50.9 Å². The monoisotopic (exact) mass is 803 g/mol. The summed E-state index contributed by atoms with van der Waals surface area (Å²) in [6.45, 7) is 0. The van der Waals surface area contributed by atoms with Gasteiger partial charge in [-0.05, 0) is 78.8 Å². The maximum absolute atomic E-state index is 11.6. The molecule has 8 rings (SSSR count). The van der Waals surface area contributed by atoms with Gasteiger partial charge in [-0.3, -0.25) is 10.1 Å². The highest BCUT2D eigenvalue weighted by atomic mass is 35.5. The van der Waals surface area contributed by atoms with Crippen molar-refractivity contribution in [2.75, 3.05) is 12.5 Å². The molecule has 1 aromatic carbocycles. The van der Waals surface area contributed by atoms with Crippen LogP contribution in [0.1, 0.15) is 11.4 Å². The molecule has 1 aliphatic rings. The van der Waals surface area contributed by atoms with E-state index in [0.29, 0.717) is 77.1 Å². The van der Waals surface area contributed by atoms with Crippen LogP contribution in [-0.4, -0.2) is 57.3 Å². The molecule has 0 radical (unpaired) electrons. The smallest absolute Gasteiger partial charge is 0.269 e. The van der Waals surface area contributed by atoms with Crippen molar-refractivity contribution < 1.29 is 4.92 Å². The van der Waals surface area contributed by atoms with Crippen molar-refractivity contribution in [3.05, 3.63) is 103 Å². The van der Waals surface area contributed by atoms with E-state index in [4.69, 9.17) is 51.4 Å². The van der Waals surface area contributed by atoms with E-state index in [9.17, 15) is 10.1 Å². The number of aromatic nitrogens is 8. The zero-order valence-corrected chi connectivity index (χ0v) is 31.4. The number of thioether (sulfide) groups is 2. The Morgan fingerprint density at radius 3 is 1.37 bits per heavy atom. The molecule has 52 heavy (non-hydrogen) atoms. The van der Waals surface area contributed by atoms with Crippen molar-refractivity contribution in [2.24, 2.45) is 0 Å². The average Bonchev–Trinajstić information content (AvgIpc) is 3.96. The number of aromatic amines is 3. The van der Waals surface area contributed by atoms with Crippen molar-refractivity contribution in [3.63, 3.8) is 0 Å². The standard InChI is InChI=1S/C35H21Cl4N9O2S2/c1-51-34-44-30(36)28(31(37)45-34)26-21-9-7-17(40-21)18-8-10-22(41-18)27(29-32(38)46-35(52-2)47-33(29)39)24-14-12-20(43-24)25(19-11-13-23(26)42-19)15-3-5-16(6-4-15)48(49)50/h3-14,40-42H,1-2H3. The van der Waals surface area contributed by atoms with Gasteiger partial charge < -0.3 is 15.0 Å². The Balaban J connectivity index is 1.55. The van der Waals surface area contributed by atoms with Crippen LogP contribution in [0.3, 0.4) is 0 Å². The van der Waals surface area contributed by atoms with E-state index in [1.54, 1.807) is 12.1 Å². The highest BCUT2D eigenvalue weighted by Gasteiger charge is 2.23. The second-order valence-electron chi connectivity index (χ2n) is 11.3. The van der Waals surface area contributed by atoms with Crippen LogP contribution in [-0.2, 0) is 0 Å². The maximum Gasteiger partial charge on any atom is 0.269 e. The van der Waals surface area contributed by atoms with E-state index >= 15 is 0 Å². The van der Waals surface area contributed by atoms with Gasteiger partial charge in [0.1, 0.15) is 20.6 Å². The number of rotatable bonds is 6. The molecule has 0 saturated carbocycles. The van der Waals surface area contributed by atoms with Crippen LogP contribution in [0, 0.1) is 10.1 Å². The topological polar surface area (TPSA) is 155 Å². The second-order valence-corrected chi connectivity index (χ2v) is 14.3. The summed E-state index contributed by atoms with van der Waals surface area (Å²) < 4.78 is 0. The Hall–Kier alpha value is -4.63. The van der Waals surface area contributed by atoms with Gasteiger partial charge in [-0.15, -0.1) is 0 Å². The highest BCUT2D eigenvalue weighted by Crippen LogP contribution is 2.42. The lowest BCUT2D eigenvalue weighted by Gasteiger charge is -2.09. The summed E-state index contributed by atoms with van der Waals surface area (Å²) >= 11 is 30.0. The molecule has 17 heteroatoms. The lowest BCUT2D eigenvalue weighted by molar-refractivity contribution is -0.384. The number of nitrogens with one attached hydrogen (secondary N) is 3. The minimum absolute atomic E-state index is 0.0443. The summed E-state index contributed by atoms with van der Waals surface area (Å²) in [6.07, 6.45) is 7.40. The van der Waals surface area contributed by atoms with Crippen LogP contribution in [0.25, 0.3) is 78.6 Å². The summed E-state index contributed by atoms with van der Waals surface area (Å²) in [6, 6.07) is 17.8. The third kappa shape index (κ3) is 6.06. The van der Waals surface area contributed by atoms with Crippen LogP contribution in [0.5, 0.6) is 0 Å². The first kappa shape index (κ1) is 34.5. The minimum atomic E-state index is -0.440. The summed E-state index contributed by atoms with van der Waals surface area (Å²) in [4.78, 5) is 44.7. The van der Waals surface area contributed by atoms with Crippen molar-refractivity contribution in [2.45, 2.75) is 10.3 Å². The number of benzene rings is 1. The van der Waals surface area contributed by atoms with E-state index in [1.165, 1.54) is 35.7 Å². The van der Waals surface area contributed by atoms with Crippen molar-refractivity contribution in [3.8, 4) is 33.4 Å². The number of hydrogen-bond acceptors (Lipinski definition) is 9. The molecule has 3 N–H and O–H groups in total. The number of nitrogens with zero attached hydrogens (tertiary/aromatic N) is 6. The van der Waals surface area contributed by atoms with Crippen LogP contribution in [0.2, 0.25) is 20.6 Å². The average molecular weight is 806 g/mol. The molecule has 6 aromatic heterocycles. The normalized spacial score (nSPS) is 11.9. The molecule has 0 amide bonds. The largest absolute Gasteiger partial charge is 0.354 e. The van der Waals surface area contributed by atoms with E-state index < -0.39 is 4.92 Å². The van der Waals surface area contributed by atoms with Crippen LogP contribution in [0.4, 0.5) is 5.69 Å². The fourth-order valence-electron chi connectivity index (χ4n) is 6.10. The minimum Gasteiger partial charge on any atom is -0.354 e. The molecular weight excluding hydrogens is 784 g/mol. The molecule has 0 atom stereocenters. The quantitative estimate of drug-likeness (QED) is 0.0489. The number of H-pyrrole nitrogens is 3. The van der Waals surface area contributed by atoms with E-state index in [1.807, 2.05) is 61.1 Å². The second kappa shape index (κ2) is 13.7. The Bertz CT molecular complexity index is 2720. The van der Waals surface area contributed by atoms with Gasteiger partial charge in [0.25, 0.3) is 5.69 Å². The first-order chi connectivity index (χ1) is 25.1. The molecule has 8 bridgehead atoms. The van der Waals surface area contributed by atoms with Gasteiger partial charge in [0.2, 0.25) is 0 Å². The fraction of sp³-hybridized carbons (Fsp3) is 0.0571. The van der Waals surface area contributed by atoms with Gasteiger partial charge in [-0.1, -0.05) is 69.9 Å². The molecule has 7 heterocycles. The number of hydrogen-bond donors (Lipinski definition) is 3. The zero-order chi connectivity index (χ0) is 36.3. The van der Waals surface area contributed by atoms with E-state index in [-0.39, 0.29) is 26.3 Å². The Labute approximate surface area is 322 Å². The highest BCUT2D eigenvalue weighted by molar-refractivity contribution is 7.98. The third-order valence-corrected chi connectivity index (χ3v) is 10.6. The number of non-ortho nitro benzene ring substituents is 1. The van der Waals surface area contributed by atoms with Gasteiger partial charge >= 0.3 is 0 Å². The molecule has 0 aliphatic carbocycles. The zero-order valence-electron chi connectivity index (χ0n) is 26.8. The lowest BCUT2D eigenvalue weighted by Crippen LogP contribution is -1.95. The molecule has 7 aromatic rings. The summed E-state index contributed by atoms with van der Waals surface area (Å²) in [7, 11) is 0. The van der Waals surface area contributed by atoms with Gasteiger partial charge in [0.05, 0.1) is 38.5 Å². The summed E-state index contributed by atoms with van der Waals surface area (Å²) in [5.74, 6) is 0. The molecular formula is C35H21Cl4N9O2S2. The number of nitro benzene ring substituents is 1. The maximum atomic E-state index is 11.6. The first-order valence-corrected chi connectivity index (χ1v) is 19.2. The molecule has 0 spiro atoms. The van der Waals surface area contributed by atoms with Crippen molar-refractivity contribution in [1.82, 2.24) is 39.9 Å². The van der Waals surface area contributed by atoms with Crippen molar-refractivity contribution in [1.29, 1.82) is 0 Å². The Morgan fingerprint density at radius 1 is 0.519 bits per heavy atom. The SMILES string of the molecule is CSc1nc(Cl)c(-c2c3nc(c(-c4ccc([N+](=O)[O-])cc4)c4ccc([nH]4)c(-c4c(Cl)nc(SC)nc4Cl)c4ccc([nH]4)c4ccc2[nH]4)C=C3)c(Cl)n1. The molecule has 258 valence electrons. The van der Waals surface area contributed by atoms with Gasteiger partial charge in [0.15, 0.2) is 10.3 Å². The van der Waals surface area contributed by atoms with Gasteiger partial charge in [-0.2, -0.15) is 0 Å². The Morgan fingerprint density at radius 2 is 0.904 bits per heavy atom. The first-order valence-electron chi connectivity index (χ1n) is 15.3. The van der Waals surface area contributed by atoms with Crippen molar-refractivity contribution >= 4 is 121 Å². The van der Waals surface area contributed by atoms with Crippen LogP contribution < -0.4 is 0 Å². The predicted molar refractivity (Wildman–Crippen MR) is 213 cm³/mol. The number of nitro groups is 1. The molecule has 0 saturated heterocycles. The predicted octanol–water partition coefficient (Wildman–Crippen LogP) is 11.2. The molecule has 1 aliphatic heterocycles. The van der Waals surface area contributed by atoms with Gasteiger partial charge in [-0.25, -0.2) is 24.9 Å². The van der Waals surface area contributed by atoms with Crippen LogP contribution >= 0.6 is 69.9 Å². The molecule has 0 unspecified atom stereocenters. The number of halogens is 4. The van der Waals surface area contributed by atoms with E-state index in [2.05, 4.69) is 34.9 Å². The fourth-order valence-corrected chi connectivity index (χ4v) is 8.19. The molecule has 0 fully saturated rings. The number of fused-ring (bicyclic) bond motifs is 9. The van der Waals surface area contributed by atoms with E-state index in [0.717, 1.165) is 11.0 Å². The molecule has 11 nitrogen and oxygen atoms in total. The summed E-state index contributed by atoms with van der Waals surface area (Å²) in [5.41, 5.74) is 8.60.